The highest BCUT2D eigenvalue weighted by atomic mass is 32.1. The van der Waals surface area contributed by atoms with Crippen LogP contribution in [0, 0.1) is 6.92 Å². The van der Waals surface area contributed by atoms with Gasteiger partial charge in [0.1, 0.15) is 9.88 Å². The van der Waals surface area contributed by atoms with Crippen LogP contribution in [0.4, 0.5) is 0 Å². The van der Waals surface area contributed by atoms with Crippen LogP contribution in [0.25, 0.3) is 0 Å². The van der Waals surface area contributed by atoms with E-state index in [0.29, 0.717) is 6.54 Å². The topological polar surface area (TPSA) is 59.2 Å². The first-order valence-electron chi connectivity index (χ1n) is 6.18. The number of likely N-dealkylation sites (tertiary alicyclic amines) is 1. The molecule has 0 aromatic carbocycles. The molecule has 2 heterocycles. The summed E-state index contributed by atoms with van der Waals surface area (Å²) >= 11 is 1.44. The number of aromatic nitrogens is 1. The predicted octanol–water partition coefficient (Wildman–Crippen LogP) is 1.93. The van der Waals surface area contributed by atoms with Gasteiger partial charge in [-0.15, -0.1) is 11.3 Å². The number of hydrogen-bond donors (Lipinski definition) is 1. The molecule has 4 nitrogen and oxygen atoms in total. The van der Waals surface area contributed by atoms with Crippen molar-refractivity contribution < 1.29 is 4.79 Å². The summed E-state index contributed by atoms with van der Waals surface area (Å²) in [5.74, 6) is 0.140. The van der Waals surface area contributed by atoms with Crippen LogP contribution < -0.4 is 5.73 Å². The van der Waals surface area contributed by atoms with Crippen LogP contribution in [0.5, 0.6) is 0 Å². The quantitative estimate of drug-likeness (QED) is 0.876. The standard InChI is InChI=1S/C12H19N3OS/c1-9-11(17-10(8-13)14-9)12(16)15-6-4-2-3-5-7-15/h2-8,13H2,1H3. The summed E-state index contributed by atoms with van der Waals surface area (Å²) in [4.78, 5) is 19.4. The fraction of sp³-hybridized carbons (Fsp3) is 0.667. The first-order valence-corrected chi connectivity index (χ1v) is 6.99. The van der Waals surface area contributed by atoms with E-state index in [1.807, 2.05) is 11.8 Å². The van der Waals surface area contributed by atoms with Crippen molar-refractivity contribution in [1.82, 2.24) is 9.88 Å². The monoisotopic (exact) mass is 253 g/mol. The number of nitrogens with two attached hydrogens (primary N) is 1. The molecule has 0 bridgehead atoms. The molecule has 1 saturated heterocycles. The molecular weight excluding hydrogens is 234 g/mol. The Morgan fingerprint density at radius 2 is 2.00 bits per heavy atom. The molecule has 0 atom stereocenters. The van der Waals surface area contributed by atoms with E-state index in [1.165, 1.54) is 24.2 Å². The predicted molar refractivity (Wildman–Crippen MR) is 69.1 cm³/mol. The maximum Gasteiger partial charge on any atom is 0.265 e. The smallest absolute Gasteiger partial charge is 0.265 e. The summed E-state index contributed by atoms with van der Waals surface area (Å²) in [6.07, 6.45) is 4.71. The lowest BCUT2D eigenvalue weighted by atomic mass is 10.2. The van der Waals surface area contributed by atoms with Gasteiger partial charge in [0.15, 0.2) is 0 Å². The minimum absolute atomic E-state index is 0.140. The van der Waals surface area contributed by atoms with E-state index in [2.05, 4.69) is 4.98 Å². The van der Waals surface area contributed by atoms with Gasteiger partial charge < -0.3 is 10.6 Å². The average molecular weight is 253 g/mol. The number of thiazole rings is 1. The third-order valence-electron chi connectivity index (χ3n) is 3.10. The van der Waals surface area contributed by atoms with Crippen LogP contribution >= 0.6 is 11.3 Å². The van der Waals surface area contributed by atoms with Gasteiger partial charge in [0.05, 0.1) is 5.69 Å². The summed E-state index contributed by atoms with van der Waals surface area (Å²) < 4.78 is 0. The maximum absolute atomic E-state index is 12.4. The Hall–Kier alpha value is -0.940. The summed E-state index contributed by atoms with van der Waals surface area (Å²) in [5, 5.41) is 0.848. The Morgan fingerprint density at radius 1 is 1.35 bits per heavy atom. The zero-order valence-electron chi connectivity index (χ0n) is 10.2. The van der Waals surface area contributed by atoms with Gasteiger partial charge in [-0.3, -0.25) is 4.79 Å². The number of carbonyl (C=O) groups is 1. The van der Waals surface area contributed by atoms with E-state index in [4.69, 9.17) is 5.73 Å². The largest absolute Gasteiger partial charge is 0.338 e. The van der Waals surface area contributed by atoms with E-state index >= 15 is 0 Å². The van der Waals surface area contributed by atoms with Gasteiger partial charge in [-0.25, -0.2) is 4.98 Å². The molecule has 0 aliphatic carbocycles. The molecule has 2 N–H and O–H groups in total. The molecule has 1 aromatic rings. The van der Waals surface area contributed by atoms with Gasteiger partial charge in [-0.1, -0.05) is 12.8 Å². The normalized spacial score (nSPS) is 16.9. The van der Waals surface area contributed by atoms with E-state index in [0.717, 1.165) is 41.5 Å². The van der Waals surface area contributed by atoms with Crippen molar-refractivity contribution >= 4 is 17.2 Å². The van der Waals surface area contributed by atoms with Crippen LogP contribution in [-0.2, 0) is 6.54 Å². The van der Waals surface area contributed by atoms with Gasteiger partial charge in [-0.2, -0.15) is 0 Å². The molecule has 5 heteroatoms. The van der Waals surface area contributed by atoms with Crippen LogP contribution in [0.2, 0.25) is 0 Å². The zero-order chi connectivity index (χ0) is 12.3. The minimum Gasteiger partial charge on any atom is -0.338 e. The molecular formula is C12H19N3OS. The number of nitrogens with zero attached hydrogens (tertiary/aromatic N) is 2. The molecule has 0 radical (unpaired) electrons. The van der Waals surface area contributed by atoms with Crippen molar-refractivity contribution in [2.75, 3.05) is 13.1 Å². The molecule has 1 amide bonds. The van der Waals surface area contributed by atoms with Crippen LogP contribution in [-0.4, -0.2) is 28.9 Å². The van der Waals surface area contributed by atoms with Crippen LogP contribution in [0.3, 0.4) is 0 Å². The molecule has 1 aromatic heterocycles. The van der Waals surface area contributed by atoms with E-state index in [-0.39, 0.29) is 5.91 Å². The summed E-state index contributed by atoms with van der Waals surface area (Å²) in [7, 11) is 0. The Labute approximate surface area is 106 Å². The number of amides is 1. The lowest BCUT2D eigenvalue weighted by molar-refractivity contribution is 0.0765. The lowest BCUT2D eigenvalue weighted by Crippen LogP contribution is -2.31. The third-order valence-corrected chi connectivity index (χ3v) is 4.27. The van der Waals surface area contributed by atoms with Crippen LogP contribution in [0.1, 0.15) is 46.1 Å². The first-order chi connectivity index (χ1) is 8.22. The first kappa shape index (κ1) is 12.5. The number of aryl methyl sites for hydroxylation is 1. The van der Waals surface area contributed by atoms with E-state index in [9.17, 15) is 4.79 Å². The fourth-order valence-corrected chi connectivity index (χ4v) is 3.07. The van der Waals surface area contributed by atoms with Crippen molar-refractivity contribution in [2.45, 2.75) is 39.2 Å². The zero-order valence-corrected chi connectivity index (χ0v) is 11.1. The second kappa shape index (κ2) is 5.60. The Bertz CT molecular complexity index is 394. The van der Waals surface area contributed by atoms with Gasteiger partial charge in [0, 0.05) is 19.6 Å². The molecule has 0 saturated carbocycles. The number of hydrogen-bond acceptors (Lipinski definition) is 4. The maximum atomic E-state index is 12.4. The average Bonchev–Trinajstić information content (AvgIpc) is 2.56. The number of rotatable bonds is 2. The van der Waals surface area contributed by atoms with Crippen molar-refractivity contribution in [3.05, 3.63) is 15.6 Å². The van der Waals surface area contributed by atoms with Crippen molar-refractivity contribution in [2.24, 2.45) is 5.73 Å². The second-order valence-corrected chi connectivity index (χ2v) is 5.52. The van der Waals surface area contributed by atoms with Crippen molar-refractivity contribution in [3.63, 3.8) is 0 Å². The Balaban J connectivity index is 2.14. The molecule has 17 heavy (non-hydrogen) atoms. The van der Waals surface area contributed by atoms with Crippen LogP contribution in [0.15, 0.2) is 0 Å². The second-order valence-electron chi connectivity index (χ2n) is 4.43. The molecule has 1 fully saturated rings. The minimum atomic E-state index is 0.140. The molecule has 1 aliphatic rings. The Kier molecular flexibility index (Phi) is 4.12. The summed E-state index contributed by atoms with van der Waals surface area (Å²) in [6.45, 7) is 4.07. The highest BCUT2D eigenvalue weighted by molar-refractivity contribution is 7.13. The van der Waals surface area contributed by atoms with Crippen molar-refractivity contribution in [3.8, 4) is 0 Å². The fourth-order valence-electron chi connectivity index (χ4n) is 2.16. The molecule has 2 rings (SSSR count). The molecule has 94 valence electrons. The molecule has 1 aliphatic heterocycles. The lowest BCUT2D eigenvalue weighted by Gasteiger charge is -2.19. The molecule has 0 spiro atoms. The number of carbonyl (C=O) groups excluding carboxylic acids is 1. The van der Waals surface area contributed by atoms with Gasteiger partial charge in [0.2, 0.25) is 0 Å². The van der Waals surface area contributed by atoms with E-state index in [1.54, 1.807) is 0 Å². The van der Waals surface area contributed by atoms with Gasteiger partial charge in [-0.05, 0) is 19.8 Å². The van der Waals surface area contributed by atoms with E-state index < -0.39 is 0 Å². The van der Waals surface area contributed by atoms with Gasteiger partial charge >= 0.3 is 0 Å². The highest BCUT2D eigenvalue weighted by Gasteiger charge is 2.21. The van der Waals surface area contributed by atoms with Crippen molar-refractivity contribution in [1.29, 1.82) is 0 Å². The highest BCUT2D eigenvalue weighted by Crippen LogP contribution is 2.21. The summed E-state index contributed by atoms with van der Waals surface area (Å²) in [5.41, 5.74) is 6.38. The Morgan fingerprint density at radius 3 is 2.53 bits per heavy atom. The SMILES string of the molecule is Cc1nc(CN)sc1C(=O)N1CCCCCC1. The molecule has 0 unspecified atom stereocenters. The summed E-state index contributed by atoms with van der Waals surface area (Å²) in [6, 6.07) is 0. The third kappa shape index (κ3) is 2.84. The van der Waals surface area contributed by atoms with Gasteiger partial charge in [0.25, 0.3) is 5.91 Å².